The number of rotatable bonds is 68. The van der Waals surface area contributed by atoms with Gasteiger partial charge in [0.05, 0.1) is 13.2 Å². The summed E-state index contributed by atoms with van der Waals surface area (Å²) in [6.07, 6.45) is 114. The third kappa shape index (κ3) is 76.0. The van der Waals surface area contributed by atoms with Gasteiger partial charge in [0.15, 0.2) is 6.10 Å². The molecule has 0 amide bonds. The molecule has 0 aliphatic heterocycles. The number of hydrogen-bond donors (Lipinski definition) is 2. The van der Waals surface area contributed by atoms with Crippen LogP contribution < -0.4 is 5.73 Å². The summed E-state index contributed by atoms with van der Waals surface area (Å²) in [6.45, 7) is 3.52. The van der Waals surface area contributed by atoms with E-state index in [0.717, 1.165) is 141 Å². The van der Waals surface area contributed by atoms with Crippen molar-refractivity contribution in [1.82, 2.24) is 0 Å². The number of carbonyl (C=O) groups excluding carboxylic acids is 2. The number of phosphoric acid groups is 1. The van der Waals surface area contributed by atoms with Crippen molar-refractivity contribution in [3.05, 3.63) is 182 Å². The normalized spacial score (nSPS) is 14.0. The fraction of sp³-hybridized carbons (Fsp3) is 0.614. The van der Waals surface area contributed by atoms with E-state index in [2.05, 4.69) is 196 Å². The predicted molar refractivity (Wildman–Crippen MR) is 403 cm³/mol. The summed E-state index contributed by atoms with van der Waals surface area (Å²) >= 11 is 0. The molecule has 0 aromatic rings. The highest BCUT2D eigenvalue weighted by Crippen LogP contribution is 2.43. The largest absolute Gasteiger partial charge is 0.472 e. The maximum atomic E-state index is 12.8. The Morgan fingerprint density at radius 1 is 0.323 bits per heavy atom. The summed E-state index contributed by atoms with van der Waals surface area (Å²) in [5, 5.41) is 0. The van der Waals surface area contributed by atoms with Crippen molar-refractivity contribution in [2.45, 2.75) is 302 Å². The van der Waals surface area contributed by atoms with Gasteiger partial charge in [-0.2, -0.15) is 0 Å². The Labute approximate surface area is 571 Å². The SMILES string of the molecule is CC/C=C\C/C=C\C/C=C\C/C=C\C/C=C\C/C=C\C/C=C\C/C=C\C/C=C\C/C=C\CCCCCCCCCCCCC(=O)OC(COC(=O)CCCCCCCCCCCCCCCCC/C=C\C/C=C\C/C=C\C/C=C\C/C=C\CC)COP(=O)(O)OCCN. The van der Waals surface area contributed by atoms with Gasteiger partial charge in [0.25, 0.3) is 0 Å². The molecule has 0 fully saturated rings. The van der Waals surface area contributed by atoms with Crippen LogP contribution in [0.5, 0.6) is 0 Å². The van der Waals surface area contributed by atoms with Crippen LogP contribution in [0.15, 0.2) is 182 Å². The average molecular weight is 1310 g/mol. The molecule has 0 heterocycles. The molecule has 0 spiro atoms. The molecule has 3 N–H and O–H groups in total. The van der Waals surface area contributed by atoms with Crippen LogP contribution >= 0.6 is 7.82 Å². The lowest BCUT2D eigenvalue weighted by Gasteiger charge is -2.19. The first-order valence-electron chi connectivity index (χ1n) is 37.3. The van der Waals surface area contributed by atoms with E-state index in [1.807, 2.05) is 0 Å². The minimum Gasteiger partial charge on any atom is -0.462 e. The zero-order chi connectivity index (χ0) is 67.2. The molecule has 0 saturated heterocycles. The Morgan fingerprint density at radius 2 is 0.559 bits per heavy atom. The highest BCUT2D eigenvalue weighted by atomic mass is 31.2. The quantitative estimate of drug-likeness (QED) is 0.0264. The number of nitrogens with two attached hydrogens (primary N) is 1. The highest BCUT2D eigenvalue weighted by molar-refractivity contribution is 7.47. The molecular weight excluding hydrogens is 1170 g/mol. The molecule has 0 aliphatic rings. The minimum absolute atomic E-state index is 0.0453. The predicted octanol–water partition coefficient (Wildman–Crippen LogP) is 25.1. The van der Waals surface area contributed by atoms with Gasteiger partial charge in [-0.3, -0.25) is 18.6 Å². The van der Waals surface area contributed by atoms with Crippen LogP contribution in [0, 0.1) is 0 Å². The first-order valence-corrected chi connectivity index (χ1v) is 38.8. The Kier molecular flexibility index (Phi) is 72.1. The van der Waals surface area contributed by atoms with Crippen molar-refractivity contribution in [2.24, 2.45) is 5.73 Å². The van der Waals surface area contributed by atoms with Crippen molar-refractivity contribution in [1.29, 1.82) is 0 Å². The number of ether oxygens (including phenoxy) is 2. The topological polar surface area (TPSA) is 134 Å². The maximum absolute atomic E-state index is 12.8. The van der Waals surface area contributed by atoms with Crippen molar-refractivity contribution < 1.29 is 37.6 Å². The van der Waals surface area contributed by atoms with Gasteiger partial charge in [0.2, 0.25) is 0 Å². The fourth-order valence-corrected chi connectivity index (χ4v) is 10.6. The van der Waals surface area contributed by atoms with Crippen LogP contribution in [0.25, 0.3) is 0 Å². The van der Waals surface area contributed by atoms with Gasteiger partial charge in [-0.05, 0) is 135 Å². The van der Waals surface area contributed by atoms with E-state index in [1.54, 1.807) is 0 Å². The van der Waals surface area contributed by atoms with Crippen LogP contribution in [0.2, 0.25) is 0 Å². The smallest absolute Gasteiger partial charge is 0.462 e. The van der Waals surface area contributed by atoms with Crippen LogP contribution in [-0.4, -0.2) is 49.3 Å². The molecule has 0 aromatic carbocycles. The fourth-order valence-electron chi connectivity index (χ4n) is 9.87. The third-order valence-corrected chi connectivity index (χ3v) is 16.3. The molecule has 0 aromatic heterocycles. The van der Waals surface area contributed by atoms with E-state index in [-0.39, 0.29) is 38.6 Å². The molecule has 93 heavy (non-hydrogen) atoms. The van der Waals surface area contributed by atoms with Crippen LogP contribution in [0.3, 0.4) is 0 Å². The molecule has 2 unspecified atom stereocenters. The number of unbranched alkanes of at least 4 members (excludes halogenated alkanes) is 25. The molecule has 0 rings (SSSR count). The van der Waals surface area contributed by atoms with E-state index in [0.29, 0.717) is 6.42 Å². The van der Waals surface area contributed by atoms with Crippen molar-refractivity contribution in [2.75, 3.05) is 26.4 Å². The lowest BCUT2D eigenvalue weighted by Crippen LogP contribution is -2.29. The molecular formula is C83H136NO8P. The molecule has 526 valence electrons. The zero-order valence-corrected chi connectivity index (χ0v) is 60.1. The van der Waals surface area contributed by atoms with Gasteiger partial charge >= 0.3 is 19.8 Å². The van der Waals surface area contributed by atoms with Crippen LogP contribution in [0.4, 0.5) is 0 Å². The molecule has 2 atom stereocenters. The summed E-state index contributed by atoms with van der Waals surface area (Å²) in [6, 6.07) is 0. The Hall–Kier alpha value is -4.89. The second kappa shape index (κ2) is 76.1. The van der Waals surface area contributed by atoms with Gasteiger partial charge < -0.3 is 20.1 Å². The van der Waals surface area contributed by atoms with Crippen molar-refractivity contribution in [3.8, 4) is 0 Å². The Balaban J connectivity index is 3.93. The second-order valence-electron chi connectivity index (χ2n) is 24.0. The van der Waals surface area contributed by atoms with E-state index in [1.165, 1.54) is 122 Å². The van der Waals surface area contributed by atoms with E-state index in [9.17, 15) is 19.0 Å². The summed E-state index contributed by atoms with van der Waals surface area (Å²) in [4.78, 5) is 35.4. The van der Waals surface area contributed by atoms with Gasteiger partial charge in [0, 0.05) is 19.4 Å². The Bertz CT molecular complexity index is 2180. The minimum atomic E-state index is -4.41. The lowest BCUT2D eigenvalue weighted by atomic mass is 10.0. The average Bonchev–Trinajstić information content (AvgIpc) is 3.49. The highest BCUT2D eigenvalue weighted by Gasteiger charge is 2.26. The van der Waals surface area contributed by atoms with Crippen LogP contribution in [-0.2, 0) is 32.7 Å². The summed E-state index contributed by atoms with van der Waals surface area (Å²) in [5.74, 6) is -0.837. The Morgan fingerprint density at radius 3 is 0.828 bits per heavy atom. The monoisotopic (exact) mass is 1310 g/mol. The number of allylic oxidation sites excluding steroid dienone is 30. The molecule has 0 saturated carbocycles. The van der Waals surface area contributed by atoms with Gasteiger partial charge in [0.1, 0.15) is 6.61 Å². The number of carbonyl (C=O) groups is 2. The number of esters is 2. The molecule has 0 aliphatic carbocycles. The first-order chi connectivity index (χ1) is 45.8. The number of phosphoric ester groups is 1. The summed E-state index contributed by atoms with van der Waals surface area (Å²) in [5.41, 5.74) is 5.41. The molecule has 0 radical (unpaired) electrons. The molecule has 0 bridgehead atoms. The van der Waals surface area contributed by atoms with Gasteiger partial charge in [-0.25, -0.2) is 4.57 Å². The standard InChI is InChI=1S/C83H136NO8P/c1-3-5-7-9-11-13-15-17-19-21-23-25-27-29-31-33-35-36-37-38-39-40-41-42-43-44-46-48-50-52-54-56-58-60-62-64-66-68-70-72-74-76-83(86)92-81(80-91-93(87,88)90-78-77-84)79-89-82(85)75-73-71-69-67-65-63-61-59-57-55-53-51-49-47-45-34-32-30-28-26-24-22-20-18-16-14-12-10-8-6-4-2/h5-8,11-14,17-20,23-26,29-32,35-36,38-39,41-42,44,46,50,52,81H,3-4,9-10,15-16,21-22,27-28,33-34,37,40,43,45,47-49,51,53-80,84H2,1-2H3,(H,87,88)/b7-5-,8-6-,13-11-,14-12-,19-17-,20-18-,25-23-,26-24-,31-29-,32-30-,36-35-,39-38-,42-41-,46-44-,52-50-. The first kappa shape index (κ1) is 88.1. The van der Waals surface area contributed by atoms with Gasteiger partial charge in [-0.1, -0.05) is 331 Å². The third-order valence-electron chi connectivity index (χ3n) is 15.3. The van der Waals surface area contributed by atoms with Crippen molar-refractivity contribution in [3.63, 3.8) is 0 Å². The molecule has 10 heteroatoms. The number of hydrogen-bond acceptors (Lipinski definition) is 8. The van der Waals surface area contributed by atoms with E-state index < -0.39 is 26.5 Å². The maximum Gasteiger partial charge on any atom is 0.472 e. The van der Waals surface area contributed by atoms with E-state index >= 15 is 0 Å². The summed E-state index contributed by atoms with van der Waals surface area (Å²) < 4.78 is 33.2. The molecule has 9 nitrogen and oxygen atoms in total. The van der Waals surface area contributed by atoms with Crippen LogP contribution in [0.1, 0.15) is 296 Å². The lowest BCUT2D eigenvalue weighted by molar-refractivity contribution is -0.161. The second-order valence-corrected chi connectivity index (χ2v) is 25.5. The zero-order valence-electron chi connectivity index (χ0n) is 59.2. The van der Waals surface area contributed by atoms with Gasteiger partial charge in [-0.15, -0.1) is 0 Å². The van der Waals surface area contributed by atoms with Crippen molar-refractivity contribution >= 4 is 19.8 Å². The summed E-state index contributed by atoms with van der Waals surface area (Å²) in [7, 11) is -4.41. The van der Waals surface area contributed by atoms with E-state index in [4.69, 9.17) is 24.3 Å².